The average Bonchev–Trinajstić information content (AvgIpc) is 2.69. The molecule has 0 spiro atoms. The van der Waals surface area contributed by atoms with Gasteiger partial charge < -0.3 is 15.0 Å². The van der Waals surface area contributed by atoms with Gasteiger partial charge in [0.2, 0.25) is 11.8 Å². The van der Waals surface area contributed by atoms with Gasteiger partial charge in [0.05, 0.1) is 13.5 Å². The van der Waals surface area contributed by atoms with Crippen LogP contribution >= 0.6 is 0 Å². The van der Waals surface area contributed by atoms with Gasteiger partial charge in [0.25, 0.3) is 0 Å². The molecule has 0 saturated carbocycles. The Bertz CT molecular complexity index is 753. The number of anilines is 1. The van der Waals surface area contributed by atoms with Crippen molar-refractivity contribution < 1.29 is 14.3 Å². The number of amides is 2. The molecule has 0 unspecified atom stereocenters. The molecule has 1 aliphatic rings. The summed E-state index contributed by atoms with van der Waals surface area (Å²) in [6.45, 7) is 1.22. The predicted molar refractivity (Wildman–Crippen MR) is 101 cm³/mol. The first kappa shape index (κ1) is 18.0. The molecule has 5 heteroatoms. The molecular formula is C21H24N2O3. The highest BCUT2D eigenvalue weighted by Gasteiger charge is 2.27. The molecule has 2 aromatic rings. The Kier molecular flexibility index (Phi) is 5.89. The van der Waals surface area contributed by atoms with E-state index in [0.29, 0.717) is 32.4 Å². The molecule has 0 atom stereocenters. The van der Waals surface area contributed by atoms with Crippen LogP contribution in [0.4, 0.5) is 5.69 Å². The summed E-state index contributed by atoms with van der Waals surface area (Å²) in [4.78, 5) is 26.8. The number of benzene rings is 2. The highest BCUT2D eigenvalue weighted by Crippen LogP contribution is 2.22. The van der Waals surface area contributed by atoms with E-state index in [1.165, 1.54) is 0 Å². The first-order valence-electron chi connectivity index (χ1n) is 8.93. The zero-order chi connectivity index (χ0) is 18.4. The number of hydrogen-bond donors (Lipinski definition) is 1. The van der Waals surface area contributed by atoms with Crippen molar-refractivity contribution >= 4 is 17.5 Å². The lowest BCUT2D eigenvalue weighted by Crippen LogP contribution is -2.42. The van der Waals surface area contributed by atoms with Crippen LogP contribution in [-0.4, -0.2) is 36.9 Å². The van der Waals surface area contributed by atoms with Crippen molar-refractivity contribution in [3.63, 3.8) is 0 Å². The summed E-state index contributed by atoms with van der Waals surface area (Å²) in [5, 5.41) is 2.95. The van der Waals surface area contributed by atoms with Crippen LogP contribution in [0.5, 0.6) is 5.75 Å². The molecule has 0 radical (unpaired) electrons. The van der Waals surface area contributed by atoms with Gasteiger partial charge in [-0.2, -0.15) is 0 Å². The molecule has 2 aromatic carbocycles. The van der Waals surface area contributed by atoms with E-state index in [1.54, 1.807) is 7.11 Å². The topological polar surface area (TPSA) is 58.6 Å². The second kappa shape index (κ2) is 8.52. The van der Waals surface area contributed by atoms with Crippen LogP contribution in [0, 0.1) is 5.92 Å². The fourth-order valence-corrected chi connectivity index (χ4v) is 3.28. The third-order valence-corrected chi connectivity index (χ3v) is 4.79. The Morgan fingerprint density at radius 3 is 2.38 bits per heavy atom. The zero-order valence-electron chi connectivity index (χ0n) is 15.0. The summed E-state index contributed by atoms with van der Waals surface area (Å²) in [7, 11) is 1.61. The van der Waals surface area contributed by atoms with Crippen LogP contribution in [0.2, 0.25) is 0 Å². The smallest absolute Gasteiger partial charge is 0.227 e. The number of carbonyl (C=O) groups is 2. The summed E-state index contributed by atoms with van der Waals surface area (Å²) in [6.07, 6.45) is 1.71. The molecule has 0 aromatic heterocycles. The van der Waals surface area contributed by atoms with E-state index in [0.717, 1.165) is 17.0 Å². The van der Waals surface area contributed by atoms with Crippen LogP contribution in [-0.2, 0) is 16.0 Å². The van der Waals surface area contributed by atoms with Gasteiger partial charge >= 0.3 is 0 Å². The lowest BCUT2D eigenvalue weighted by Gasteiger charge is -2.31. The number of rotatable bonds is 5. The number of likely N-dealkylation sites (tertiary alicyclic amines) is 1. The Morgan fingerprint density at radius 1 is 1.04 bits per heavy atom. The normalized spacial score (nSPS) is 14.7. The third-order valence-electron chi connectivity index (χ3n) is 4.79. The van der Waals surface area contributed by atoms with Gasteiger partial charge in [-0.3, -0.25) is 9.59 Å². The number of nitrogens with zero attached hydrogens (tertiary/aromatic N) is 1. The molecule has 3 rings (SSSR count). The number of piperidine rings is 1. The van der Waals surface area contributed by atoms with E-state index in [2.05, 4.69) is 5.32 Å². The van der Waals surface area contributed by atoms with Crippen molar-refractivity contribution in [3.05, 3.63) is 60.2 Å². The van der Waals surface area contributed by atoms with Crippen LogP contribution < -0.4 is 10.1 Å². The summed E-state index contributed by atoms with van der Waals surface area (Å²) in [5.41, 5.74) is 1.70. The lowest BCUT2D eigenvalue weighted by atomic mass is 9.95. The highest BCUT2D eigenvalue weighted by atomic mass is 16.5. The zero-order valence-corrected chi connectivity index (χ0v) is 15.0. The molecule has 136 valence electrons. The van der Waals surface area contributed by atoms with Gasteiger partial charge in [-0.15, -0.1) is 0 Å². The largest absolute Gasteiger partial charge is 0.496 e. The first-order valence-corrected chi connectivity index (χ1v) is 8.93. The molecule has 1 aliphatic heterocycles. The number of ether oxygens (including phenoxy) is 1. The molecular weight excluding hydrogens is 328 g/mol. The maximum absolute atomic E-state index is 12.6. The van der Waals surface area contributed by atoms with Crippen LogP contribution in [0.25, 0.3) is 0 Å². The summed E-state index contributed by atoms with van der Waals surface area (Å²) < 4.78 is 5.31. The maximum atomic E-state index is 12.6. The molecule has 1 fully saturated rings. The van der Waals surface area contributed by atoms with Crippen molar-refractivity contribution in [3.8, 4) is 5.75 Å². The van der Waals surface area contributed by atoms with Crippen molar-refractivity contribution in [2.24, 2.45) is 5.92 Å². The minimum Gasteiger partial charge on any atom is -0.496 e. The van der Waals surface area contributed by atoms with Crippen molar-refractivity contribution in [1.29, 1.82) is 0 Å². The Labute approximate surface area is 154 Å². The highest BCUT2D eigenvalue weighted by molar-refractivity contribution is 5.92. The molecule has 0 bridgehead atoms. The standard InChI is InChI=1S/C21H24N2O3/c1-26-19-10-6-5-7-17(19)15-20(24)23-13-11-16(12-14-23)21(25)22-18-8-3-2-4-9-18/h2-10,16H,11-15H2,1H3,(H,22,25). The fourth-order valence-electron chi connectivity index (χ4n) is 3.28. The Hall–Kier alpha value is -2.82. The molecule has 1 N–H and O–H groups in total. The van der Waals surface area contributed by atoms with Gasteiger partial charge in [0, 0.05) is 30.3 Å². The van der Waals surface area contributed by atoms with E-state index in [1.807, 2.05) is 59.5 Å². The van der Waals surface area contributed by atoms with Gasteiger partial charge in [-0.05, 0) is 31.0 Å². The minimum atomic E-state index is -0.0504. The van der Waals surface area contributed by atoms with E-state index in [4.69, 9.17) is 4.74 Å². The van der Waals surface area contributed by atoms with Gasteiger partial charge in [-0.1, -0.05) is 36.4 Å². The molecule has 0 aliphatic carbocycles. The predicted octanol–water partition coefficient (Wildman–Crippen LogP) is 3.12. The van der Waals surface area contributed by atoms with E-state index < -0.39 is 0 Å². The second-order valence-corrected chi connectivity index (χ2v) is 6.50. The quantitative estimate of drug-likeness (QED) is 0.899. The Morgan fingerprint density at radius 2 is 1.69 bits per heavy atom. The van der Waals surface area contributed by atoms with E-state index >= 15 is 0 Å². The molecule has 5 nitrogen and oxygen atoms in total. The van der Waals surface area contributed by atoms with Gasteiger partial charge in [-0.25, -0.2) is 0 Å². The lowest BCUT2D eigenvalue weighted by molar-refractivity contribution is -0.133. The van der Waals surface area contributed by atoms with Crippen LogP contribution in [0.3, 0.4) is 0 Å². The average molecular weight is 352 g/mol. The Balaban J connectivity index is 1.51. The number of nitrogens with one attached hydrogen (secondary N) is 1. The molecule has 26 heavy (non-hydrogen) atoms. The van der Waals surface area contributed by atoms with Gasteiger partial charge in [0.1, 0.15) is 5.75 Å². The third kappa shape index (κ3) is 4.42. The molecule has 1 saturated heterocycles. The first-order chi connectivity index (χ1) is 12.7. The number of hydrogen-bond acceptors (Lipinski definition) is 3. The van der Waals surface area contributed by atoms with Crippen LogP contribution in [0.15, 0.2) is 54.6 Å². The molecule has 1 heterocycles. The van der Waals surface area contributed by atoms with E-state index in [9.17, 15) is 9.59 Å². The van der Waals surface area contributed by atoms with Crippen molar-refractivity contribution in [1.82, 2.24) is 4.90 Å². The minimum absolute atomic E-state index is 0.0352. The summed E-state index contributed by atoms with van der Waals surface area (Å²) >= 11 is 0. The number of para-hydroxylation sites is 2. The number of carbonyl (C=O) groups excluding carboxylic acids is 2. The van der Waals surface area contributed by atoms with E-state index in [-0.39, 0.29) is 17.7 Å². The van der Waals surface area contributed by atoms with Crippen molar-refractivity contribution in [2.75, 3.05) is 25.5 Å². The second-order valence-electron chi connectivity index (χ2n) is 6.50. The SMILES string of the molecule is COc1ccccc1CC(=O)N1CCC(C(=O)Nc2ccccc2)CC1. The summed E-state index contributed by atoms with van der Waals surface area (Å²) in [6, 6.07) is 17.0. The fraction of sp³-hybridized carbons (Fsp3) is 0.333. The molecule has 2 amide bonds. The van der Waals surface area contributed by atoms with Crippen LogP contribution in [0.1, 0.15) is 18.4 Å². The monoisotopic (exact) mass is 352 g/mol. The summed E-state index contributed by atoms with van der Waals surface area (Å²) in [5.74, 6) is 0.799. The van der Waals surface area contributed by atoms with Crippen molar-refractivity contribution in [2.45, 2.75) is 19.3 Å². The number of methoxy groups -OCH3 is 1. The van der Waals surface area contributed by atoms with Gasteiger partial charge in [0.15, 0.2) is 0 Å². The maximum Gasteiger partial charge on any atom is 0.227 e.